The fraction of sp³-hybridized carbons (Fsp3) is 0.100. The Hall–Kier alpha value is -3.72. The number of thiazole rings is 1. The second-order valence-electron chi connectivity index (χ2n) is 6.03. The highest BCUT2D eigenvalue weighted by Gasteiger charge is 2.16. The van der Waals surface area contributed by atoms with Crippen molar-refractivity contribution in [2.45, 2.75) is 6.92 Å². The number of fused-ring (bicyclic) bond motifs is 1. The Balaban J connectivity index is 1.61. The number of ether oxygens (including phenoxy) is 2. The van der Waals surface area contributed by atoms with E-state index in [0.29, 0.717) is 16.3 Å². The van der Waals surface area contributed by atoms with Crippen LogP contribution in [0.2, 0.25) is 0 Å². The zero-order valence-electron chi connectivity index (χ0n) is 15.6. The minimum atomic E-state index is -0.456. The fourth-order valence-corrected chi connectivity index (χ4v) is 3.64. The number of carbonyl (C=O) groups is 2. The molecular formula is C20H16N4O4S. The zero-order valence-corrected chi connectivity index (χ0v) is 16.4. The summed E-state index contributed by atoms with van der Waals surface area (Å²) in [7, 11) is 1.61. The molecule has 0 radical (unpaired) electrons. The number of benzene rings is 2. The van der Waals surface area contributed by atoms with Gasteiger partial charge in [0.2, 0.25) is 4.96 Å². The topological polar surface area (TPSA) is 94.8 Å². The molecule has 0 fully saturated rings. The predicted octanol–water partition coefficient (Wildman–Crippen LogP) is 3.64. The minimum absolute atomic E-state index is 0.177. The highest BCUT2D eigenvalue weighted by atomic mass is 32.1. The van der Waals surface area contributed by atoms with Gasteiger partial charge in [-0.3, -0.25) is 14.9 Å². The summed E-state index contributed by atoms with van der Waals surface area (Å²) in [4.78, 5) is 28.6. The molecule has 146 valence electrons. The predicted molar refractivity (Wildman–Crippen MR) is 109 cm³/mol. The molecule has 0 aliphatic carbocycles. The number of nitrogens with zero attached hydrogens (tertiary/aromatic N) is 3. The van der Waals surface area contributed by atoms with Crippen LogP contribution in [0.15, 0.2) is 53.9 Å². The second kappa shape index (κ2) is 7.72. The van der Waals surface area contributed by atoms with E-state index in [9.17, 15) is 9.59 Å². The van der Waals surface area contributed by atoms with Crippen LogP contribution in [0.3, 0.4) is 0 Å². The third kappa shape index (κ3) is 3.81. The number of carbonyl (C=O) groups excluding carboxylic acids is 2. The third-order valence-electron chi connectivity index (χ3n) is 4.05. The smallest absolute Gasteiger partial charge is 0.308 e. The van der Waals surface area contributed by atoms with Gasteiger partial charge in [0.1, 0.15) is 11.5 Å². The Bertz CT molecular complexity index is 1210. The Labute approximate surface area is 169 Å². The van der Waals surface area contributed by atoms with Crippen molar-refractivity contribution in [3.8, 4) is 22.8 Å². The molecule has 1 amide bonds. The first-order chi connectivity index (χ1) is 14.0. The van der Waals surface area contributed by atoms with E-state index in [1.54, 1.807) is 29.8 Å². The molecule has 8 nitrogen and oxygen atoms in total. The molecule has 4 aromatic rings. The van der Waals surface area contributed by atoms with E-state index in [2.05, 4.69) is 15.4 Å². The van der Waals surface area contributed by atoms with Crippen molar-refractivity contribution in [1.29, 1.82) is 0 Å². The first kappa shape index (κ1) is 18.6. The average molecular weight is 408 g/mol. The molecule has 2 aromatic heterocycles. The first-order valence-electron chi connectivity index (χ1n) is 8.62. The van der Waals surface area contributed by atoms with Crippen LogP contribution in [0.4, 0.5) is 5.95 Å². The number of methoxy groups -OCH3 is 1. The number of aromatic nitrogens is 3. The maximum atomic E-state index is 12.5. The third-order valence-corrected chi connectivity index (χ3v) is 4.86. The zero-order chi connectivity index (χ0) is 20.4. The fourth-order valence-electron chi connectivity index (χ4n) is 2.82. The van der Waals surface area contributed by atoms with Gasteiger partial charge < -0.3 is 9.47 Å². The van der Waals surface area contributed by atoms with Crippen molar-refractivity contribution >= 4 is 34.1 Å². The highest BCUT2D eigenvalue weighted by molar-refractivity contribution is 7.15. The molecule has 0 aliphatic rings. The number of amides is 1. The molecule has 0 spiro atoms. The van der Waals surface area contributed by atoms with E-state index in [-0.39, 0.29) is 5.95 Å². The minimum Gasteiger partial charge on any atom is -0.496 e. The Morgan fingerprint density at radius 1 is 1.14 bits per heavy atom. The molecule has 2 aromatic carbocycles. The van der Waals surface area contributed by atoms with Crippen LogP contribution in [-0.4, -0.2) is 33.6 Å². The van der Waals surface area contributed by atoms with Crippen molar-refractivity contribution in [1.82, 2.24) is 14.6 Å². The molecule has 2 heterocycles. The number of nitrogens with one attached hydrogen (secondary N) is 1. The molecule has 9 heteroatoms. The number of para-hydroxylation sites is 1. The summed E-state index contributed by atoms with van der Waals surface area (Å²) in [6.45, 7) is 1.30. The number of anilines is 1. The van der Waals surface area contributed by atoms with E-state index in [1.165, 1.54) is 24.3 Å². The van der Waals surface area contributed by atoms with E-state index in [1.807, 2.05) is 29.6 Å². The van der Waals surface area contributed by atoms with Gasteiger partial charge in [-0.25, -0.2) is 4.52 Å². The number of hydrogen-bond donors (Lipinski definition) is 1. The largest absolute Gasteiger partial charge is 0.496 e. The maximum absolute atomic E-state index is 12.5. The van der Waals surface area contributed by atoms with Gasteiger partial charge in [0.15, 0.2) is 0 Å². The van der Waals surface area contributed by atoms with Gasteiger partial charge in [0, 0.05) is 23.4 Å². The summed E-state index contributed by atoms with van der Waals surface area (Å²) in [5.74, 6) is 0.326. The van der Waals surface area contributed by atoms with Gasteiger partial charge >= 0.3 is 5.97 Å². The van der Waals surface area contributed by atoms with Gasteiger partial charge in [0.25, 0.3) is 11.9 Å². The lowest BCUT2D eigenvalue weighted by Gasteiger charge is -2.06. The van der Waals surface area contributed by atoms with E-state index < -0.39 is 11.9 Å². The van der Waals surface area contributed by atoms with E-state index in [0.717, 1.165) is 17.0 Å². The van der Waals surface area contributed by atoms with Gasteiger partial charge in [0.05, 0.1) is 12.8 Å². The van der Waals surface area contributed by atoms with Crippen molar-refractivity contribution in [3.05, 3.63) is 59.5 Å². The molecular weight excluding hydrogens is 392 g/mol. The van der Waals surface area contributed by atoms with Gasteiger partial charge in [-0.1, -0.05) is 18.2 Å². The van der Waals surface area contributed by atoms with Gasteiger partial charge in [-0.15, -0.1) is 16.4 Å². The van der Waals surface area contributed by atoms with Crippen LogP contribution in [0.1, 0.15) is 17.3 Å². The van der Waals surface area contributed by atoms with E-state index in [4.69, 9.17) is 9.47 Å². The summed E-state index contributed by atoms with van der Waals surface area (Å²) in [6.07, 6.45) is 0. The summed E-state index contributed by atoms with van der Waals surface area (Å²) < 4.78 is 12.1. The molecule has 29 heavy (non-hydrogen) atoms. The summed E-state index contributed by atoms with van der Waals surface area (Å²) in [6, 6.07) is 13.9. The number of rotatable bonds is 5. The normalized spacial score (nSPS) is 10.7. The quantitative estimate of drug-likeness (QED) is 0.400. The van der Waals surface area contributed by atoms with Gasteiger partial charge in [-0.2, -0.15) is 4.98 Å². The molecule has 0 saturated carbocycles. The molecule has 0 aliphatic heterocycles. The molecule has 1 N–H and O–H groups in total. The highest BCUT2D eigenvalue weighted by Crippen LogP contribution is 2.32. The Morgan fingerprint density at radius 2 is 1.97 bits per heavy atom. The molecule has 0 unspecified atom stereocenters. The molecule has 0 atom stereocenters. The Morgan fingerprint density at radius 3 is 2.76 bits per heavy atom. The van der Waals surface area contributed by atoms with Crippen LogP contribution >= 0.6 is 11.3 Å². The number of esters is 1. The lowest BCUT2D eigenvalue weighted by atomic mass is 10.1. The standard InChI is InChI=1S/C20H16N4O4S/c1-12(25)28-14-7-5-6-13(10-14)18(26)21-19-22-20-24(23-19)16(11-29-20)15-8-3-4-9-17(15)27-2/h3-11H,1-2H3,(H,21,23,26). The van der Waals surface area contributed by atoms with Crippen LogP contribution in [0.5, 0.6) is 11.5 Å². The van der Waals surface area contributed by atoms with Crippen molar-refractivity contribution < 1.29 is 19.1 Å². The van der Waals surface area contributed by atoms with Crippen LogP contribution in [0, 0.1) is 0 Å². The lowest BCUT2D eigenvalue weighted by Crippen LogP contribution is -2.13. The van der Waals surface area contributed by atoms with E-state index >= 15 is 0 Å². The number of hydrogen-bond acceptors (Lipinski definition) is 7. The second-order valence-corrected chi connectivity index (χ2v) is 6.86. The average Bonchev–Trinajstić information content (AvgIpc) is 3.27. The van der Waals surface area contributed by atoms with Crippen molar-refractivity contribution in [3.63, 3.8) is 0 Å². The molecule has 0 saturated heterocycles. The monoisotopic (exact) mass is 408 g/mol. The van der Waals surface area contributed by atoms with Gasteiger partial charge in [-0.05, 0) is 30.3 Å². The molecule has 0 bridgehead atoms. The van der Waals surface area contributed by atoms with Crippen LogP contribution < -0.4 is 14.8 Å². The summed E-state index contributed by atoms with van der Waals surface area (Å²) in [5, 5.41) is 9.01. The summed E-state index contributed by atoms with van der Waals surface area (Å²) in [5.41, 5.74) is 2.01. The van der Waals surface area contributed by atoms with Crippen LogP contribution in [0.25, 0.3) is 16.2 Å². The van der Waals surface area contributed by atoms with Crippen molar-refractivity contribution in [2.24, 2.45) is 0 Å². The summed E-state index contributed by atoms with van der Waals surface area (Å²) >= 11 is 1.41. The Kier molecular flexibility index (Phi) is 4.96. The maximum Gasteiger partial charge on any atom is 0.308 e. The molecule has 4 rings (SSSR count). The van der Waals surface area contributed by atoms with Crippen LogP contribution in [-0.2, 0) is 4.79 Å². The lowest BCUT2D eigenvalue weighted by molar-refractivity contribution is -0.131. The van der Waals surface area contributed by atoms with Crippen molar-refractivity contribution in [2.75, 3.05) is 12.4 Å². The first-order valence-corrected chi connectivity index (χ1v) is 9.50. The SMILES string of the molecule is COc1ccccc1-c1csc2nc(NC(=O)c3cccc(OC(C)=O)c3)nn12.